The summed E-state index contributed by atoms with van der Waals surface area (Å²) in [6, 6.07) is 28.0. The van der Waals surface area contributed by atoms with Gasteiger partial charge in [-0.15, -0.1) is 0 Å². The van der Waals surface area contributed by atoms with Crippen molar-refractivity contribution in [2.45, 2.75) is 18.2 Å². The summed E-state index contributed by atoms with van der Waals surface area (Å²) in [6.07, 6.45) is -1.52. The number of fused-ring (bicyclic) bond motifs is 1. The molecule has 0 bridgehead atoms. The van der Waals surface area contributed by atoms with Crippen molar-refractivity contribution >= 4 is 52.4 Å². The van der Waals surface area contributed by atoms with Crippen molar-refractivity contribution < 1.29 is 19.4 Å². The Bertz CT molecular complexity index is 1510. The van der Waals surface area contributed by atoms with E-state index >= 15 is 0 Å². The van der Waals surface area contributed by atoms with Crippen LogP contribution in [0.5, 0.6) is 5.75 Å². The molecule has 0 aliphatic carbocycles. The van der Waals surface area contributed by atoms with E-state index < -0.39 is 17.6 Å². The van der Waals surface area contributed by atoms with Gasteiger partial charge in [0.15, 0.2) is 0 Å². The van der Waals surface area contributed by atoms with Gasteiger partial charge in [-0.1, -0.05) is 102 Å². The molecule has 0 radical (unpaired) electrons. The number of amides is 1. The van der Waals surface area contributed by atoms with Crippen molar-refractivity contribution in [3.63, 3.8) is 0 Å². The van der Waals surface area contributed by atoms with Crippen LogP contribution in [0.4, 0.5) is 5.69 Å². The Kier molecular flexibility index (Phi) is 7.82. The lowest BCUT2D eigenvalue weighted by molar-refractivity contribution is -0.149. The number of hydrogen-bond donors (Lipinski definition) is 2. The van der Waals surface area contributed by atoms with E-state index in [4.69, 9.17) is 39.5 Å². The molecule has 4 aromatic carbocycles. The number of carboxylic acid groups (broad SMARTS) is 1. The van der Waals surface area contributed by atoms with Crippen LogP contribution in [0.25, 0.3) is 0 Å². The Balaban J connectivity index is 1.74. The average Bonchev–Trinajstić information content (AvgIpc) is 3.05. The first-order valence-electron chi connectivity index (χ1n) is 12.1. The van der Waals surface area contributed by atoms with Gasteiger partial charge in [-0.05, 0) is 35.9 Å². The van der Waals surface area contributed by atoms with Crippen molar-refractivity contribution in [3.05, 3.63) is 129 Å². The first-order chi connectivity index (χ1) is 18.8. The summed E-state index contributed by atoms with van der Waals surface area (Å²) in [5, 5.41) is 15.0. The molecule has 39 heavy (non-hydrogen) atoms. The number of para-hydroxylation sites is 2. The third kappa shape index (κ3) is 5.09. The smallest absolute Gasteiger partial charge is 0.347 e. The van der Waals surface area contributed by atoms with Crippen LogP contribution in [-0.2, 0) is 21.7 Å². The molecule has 2 atom stereocenters. The van der Waals surface area contributed by atoms with Gasteiger partial charge in [-0.3, -0.25) is 10.1 Å². The number of aliphatic carboxylic acids is 1. The second-order valence-corrected chi connectivity index (χ2v) is 10.2. The quantitative estimate of drug-likeness (QED) is 0.258. The van der Waals surface area contributed by atoms with Crippen LogP contribution in [0.2, 0.25) is 15.1 Å². The molecule has 198 valence electrons. The standard InChI is InChI=1S/C30H23Cl3N2O4/c31-22-13-8-14-23(32)20(22)18-35-25-15-6-4-11-21(25)30(34-17-27(35)36,19-9-2-1-3-10-19)28(29(37)38)39-26-16-7-5-12-24(26)33/h1-16,28,34H,17-18H2,(H,37,38)/t28?,30-/m0/s1. The van der Waals surface area contributed by atoms with Gasteiger partial charge in [0.2, 0.25) is 12.0 Å². The van der Waals surface area contributed by atoms with Gasteiger partial charge in [0.1, 0.15) is 11.3 Å². The Labute approximate surface area is 240 Å². The molecule has 1 unspecified atom stereocenters. The van der Waals surface area contributed by atoms with Crippen LogP contribution in [0, 0.1) is 0 Å². The largest absolute Gasteiger partial charge is 0.478 e. The average molecular weight is 582 g/mol. The number of carbonyl (C=O) groups excluding carboxylic acids is 1. The minimum Gasteiger partial charge on any atom is -0.478 e. The molecule has 1 aliphatic rings. The van der Waals surface area contributed by atoms with Crippen LogP contribution in [0.1, 0.15) is 16.7 Å². The Morgan fingerprint density at radius 3 is 2.18 bits per heavy atom. The van der Waals surface area contributed by atoms with Gasteiger partial charge in [-0.25, -0.2) is 4.79 Å². The molecule has 0 saturated heterocycles. The molecule has 9 heteroatoms. The Morgan fingerprint density at radius 1 is 0.872 bits per heavy atom. The zero-order chi connectivity index (χ0) is 27.6. The van der Waals surface area contributed by atoms with Gasteiger partial charge in [0, 0.05) is 26.9 Å². The zero-order valence-corrected chi connectivity index (χ0v) is 22.8. The molecule has 5 rings (SSSR count). The molecule has 1 aliphatic heterocycles. The number of ether oxygens (including phenoxy) is 1. The number of nitrogens with one attached hydrogen (secondary N) is 1. The minimum absolute atomic E-state index is 0.0873. The number of rotatable bonds is 7. The molecule has 0 saturated carbocycles. The summed E-state index contributed by atoms with van der Waals surface area (Å²) in [6.45, 7) is -0.106. The van der Waals surface area contributed by atoms with E-state index in [0.717, 1.165) is 0 Å². The van der Waals surface area contributed by atoms with Crippen molar-refractivity contribution in [1.29, 1.82) is 0 Å². The SMILES string of the molecule is O=C(O)C(Oc1ccccc1Cl)[C@@]1(c2ccccc2)NCC(=O)N(Cc2c(Cl)cccc2Cl)c2ccccc21. The van der Waals surface area contributed by atoms with Crippen molar-refractivity contribution in [3.8, 4) is 5.75 Å². The fourth-order valence-electron chi connectivity index (χ4n) is 4.93. The summed E-state index contributed by atoms with van der Waals surface area (Å²) in [4.78, 5) is 28.3. The highest BCUT2D eigenvalue weighted by molar-refractivity contribution is 6.36. The molecule has 1 amide bonds. The summed E-state index contributed by atoms with van der Waals surface area (Å²) in [5.41, 5.74) is 0.726. The first kappa shape index (κ1) is 27.0. The second-order valence-electron chi connectivity index (χ2n) is 8.99. The van der Waals surface area contributed by atoms with Gasteiger partial charge in [-0.2, -0.15) is 0 Å². The summed E-state index contributed by atoms with van der Waals surface area (Å²) in [5.74, 6) is -1.33. The molecular formula is C30H23Cl3N2O4. The van der Waals surface area contributed by atoms with E-state index in [1.54, 1.807) is 83.8 Å². The van der Waals surface area contributed by atoms with E-state index in [1.807, 2.05) is 18.2 Å². The summed E-state index contributed by atoms with van der Waals surface area (Å²) < 4.78 is 6.18. The lowest BCUT2D eigenvalue weighted by Crippen LogP contribution is -2.58. The lowest BCUT2D eigenvalue weighted by Gasteiger charge is -2.40. The molecule has 6 nitrogen and oxygen atoms in total. The molecule has 4 aromatic rings. The molecule has 0 spiro atoms. The maximum Gasteiger partial charge on any atom is 0.347 e. The second kappa shape index (κ2) is 11.3. The Morgan fingerprint density at radius 2 is 1.49 bits per heavy atom. The predicted octanol–water partition coefficient (Wildman–Crippen LogP) is 6.56. The van der Waals surface area contributed by atoms with Crippen molar-refractivity contribution in [1.82, 2.24) is 5.32 Å². The zero-order valence-electron chi connectivity index (χ0n) is 20.5. The third-order valence-corrected chi connectivity index (χ3v) is 7.77. The van der Waals surface area contributed by atoms with Gasteiger partial charge < -0.3 is 14.7 Å². The number of carbonyl (C=O) groups is 2. The topological polar surface area (TPSA) is 78.9 Å². The van der Waals surface area contributed by atoms with Crippen LogP contribution >= 0.6 is 34.8 Å². The molecule has 0 aromatic heterocycles. The molecule has 1 heterocycles. The number of carboxylic acids is 1. The summed E-state index contributed by atoms with van der Waals surface area (Å²) >= 11 is 19.3. The van der Waals surface area contributed by atoms with Crippen molar-refractivity contribution in [2.24, 2.45) is 0 Å². The van der Waals surface area contributed by atoms with Crippen LogP contribution in [0.15, 0.2) is 97.1 Å². The Hall–Kier alpha value is -3.55. The normalized spacial score (nSPS) is 17.7. The van der Waals surface area contributed by atoms with Crippen LogP contribution < -0.4 is 15.0 Å². The van der Waals surface area contributed by atoms with E-state index in [-0.39, 0.29) is 29.8 Å². The molecule has 0 fully saturated rings. The predicted molar refractivity (Wildman–Crippen MR) is 153 cm³/mol. The first-order valence-corrected chi connectivity index (χ1v) is 13.2. The maximum absolute atomic E-state index is 13.7. The van der Waals surface area contributed by atoms with Crippen LogP contribution in [0.3, 0.4) is 0 Å². The highest BCUT2D eigenvalue weighted by Crippen LogP contribution is 2.43. The van der Waals surface area contributed by atoms with E-state index in [2.05, 4.69) is 5.32 Å². The number of hydrogen-bond acceptors (Lipinski definition) is 4. The fraction of sp³-hybridized carbons (Fsp3) is 0.133. The molecule has 2 N–H and O–H groups in total. The number of anilines is 1. The fourth-order valence-corrected chi connectivity index (χ4v) is 5.63. The monoisotopic (exact) mass is 580 g/mol. The van der Waals surface area contributed by atoms with E-state index in [0.29, 0.717) is 32.4 Å². The number of nitrogens with zero attached hydrogens (tertiary/aromatic N) is 1. The highest BCUT2D eigenvalue weighted by Gasteiger charge is 2.52. The van der Waals surface area contributed by atoms with Gasteiger partial charge >= 0.3 is 5.97 Å². The lowest BCUT2D eigenvalue weighted by atomic mass is 9.77. The van der Waals surface area contributed by atoms with E-state index in [9.17, 15) is 14.7 Å². The van der Waals surface area contributed by atoms with Crippen LogP contribution in [-0.4, -0.2) is 29.6 Å². The summed E-state index contributed by atoms with van der Waals surface area (Å²) in [7, 11) is 0. The van der Waals surface area contributed by atoms with E-state index in [1.165, 1.54) is 0 Å². The highest BCUT2D eigenvalue weighted by atomic mass is 35.5. The third-order valence-electron chi connectivity index (χ3n) is 6.75. The van der Waals surface area contributed by atoms with Crippen molar-refractivity contribution in [2.75, 3.05) is 11.4 Å². The van der Waals surface area contributed by atoms with Gasteiger partial charge in [0.05, 0.1) is 18.1 Å². The minimum atomic E-state index is -1.52. The number of halogens is 3. The number of benzene rings is 4. The maximum atomic E-state index is 13.7. The molecular weight excluding hydrogens is 559 g/mol. The van der Waals surface area contributed by atoms with Gasteiger partial charge in [0.25, 0.3) is 0 Å².